The van der Waals surface area contributed by atoms with Gasteiger partial charge < -0.3 is 9.47 Å². The van der Waals surface area contributed by atoms with Gasteiger partial charge in [-0.2, -0.15) is 0 Å². The smallest absolute Gasteiger partial charge is 0.166 e. The Labute approximate surface area is 112 Å². The number of rotatable bonds is 2. The van der Waals surface area contributed by atoms with E-state index >= 15 is 0 Å². The maximum Gasteiger partial charge on any atom is 0.166 e. The second kappa shape index (κ2) is 5.70. The molecule has 0 aliphatic heterocycles. The molecule has 0 fully saturated rings. The molecular weight excluding hydrogens is 336 g/mol. The zero-order valence-corrected chi connectivity index (χ0v) is 12.1. The molecule has 0 unspecified atom stereocenters. The average molecular weight is 346 g/mol. The molecule has 84 valence electrons. The molecule has 0 aromatic carbocycles. The number of hydrogen-bond donors (Lipinski definition) is 0. The van der Waals surface area contributed by atoms with Crippen LogP contribution in [-0.4, -0.2) is 25.4 Å². The van der Waals surface area contributed by atoms with Gasteiger partial charge in [-0.15, -0.1) is 0 Å². The van der Waals surface area contributed by atoms with Crippen LogP contribution in [0.1, 0.15) is 0 Å². The first-order chi connectivity index (χ1) is 7.66. The molecule has 0 atom stereocenters. The maximum absolute atomic E-state index is 5.34. The molecule has 0 saturated carbocycles. The van der Waals surface area contributed by atoms with E-state index in [1.165, 1.54) is 0 Å². The highest BCUT2D eigenvalue weighted by molar-refractivity contribution is 9.12. The Bertz CT molecular complexity index is 375. The van der Waals surface area contributed by atoms with Crippen molar-refractivity contribution in [3.63, 3.8) is 0 Å². The molecule has 0 aromatic heterocycles. The number of ether oxygens (including phenoxy) is 2. The Morgan fingerprint density at radius 1 is 0.812 bits per heavy atom. The molecule has 0 aromatic rings. The lowest BCUT2D eigenvalue weighted by molar-refractivity contribution is 0.0955. The fourth-order valence-electron chi connectivity index (χ4n) is 1.29. The summed E-state index contributed by atoms with van der Waals surface area (Å²) < 4.78 is 10.7. The Morgan fingerprint density at radius 2 is 1.12 bits per heavy atom. The molecule has 0 N–H and O–H groups in total. The van der Waals surface area contributed by atoms with Crippen LogP contribution in [0.4, 0.5) is 0 Å². The largest absolute Gasteiger partial charge is 0.358 e. The third kappa shape index (κ3) is 2.78. The number of halogens is 2. The molecule has 0 heterocycles. The van der Waals surface area contributed by atoms with E-state index in [1.54, 1.807) is 14.2 Å². The highest BCUT2D eigenvalue weighted by Gasteiger charge is 2.31. The molecular formula is C12H10Br2O2. The van der Waals surface area contributed by atoms with Gasteiger partial charge >= 0.3 is 0 Å². The van der Waals surface area contributed by atoms with Crippen molar-refractivity contribution in [1.82, 2.24) is 0 Å². The van der Waals surface area contributed by atoms with Crippen molar-refractivity contribution in [2.24, 2.45) is 0 Å². The number of hydrogen-bond acceptors (Lipinski definition) is 2. The predicted molar refractivity (Wildman–Crippen MR) is 71.2 cm³/mol. The van der Waals surface area contributed by atoms with E-state index in [-0.39, 0.29) is 0 Å². The first-order valence-corrected chi connectivity index (χ1v) is 6.01. The summed E-state index contributed by atoms with van der Waals surface area (Å²) in [6.07, 6.45) is 7.29. The van der Waals surface area contributed by atoms with Gasteiger partial charge in [-0.1, -0.05) is 0 Å². The highest BCUT2D eigenvalue weighted by Crippen LogP contribution is 2.26. The van der Waals surface area contributed by atoms with Crippen molar-refractivity contribution in [1.29, 1.82) is 0 Å². The minimum atomic E-state index is -0.709. The van der Waals surface area contributed by atoms with Crippen LogP contribution in [0, 0.1) is 21.5 Å². The van der Waals surface area contributed by atoms with Gasteiger partial charge in [-0.05, 0) is 45.8 Å². The summed E-state index contributed by atoms with van der Waals surface area (Å²) in [6, 6.07) is 0. The quantitative estimate of drug-likeness (QED) is 0.565. The van der Waals surface area contributed by atoms with Crippen molar-refractivity contribution in [2.45, 2.75) is 11.2 Å². The molecule has 4 heteroatoms. The maximum atomic E-state index is 5.34. The van der Waals surface area contributed by atoms with Crippen LogP contribution in [0.15, 0.2) is 24.3 Å². The van der Waals surface area contributed by atoms with E-state index < -0.39 is 11.2 Å². The molecule has 16 heavy (non-hydrogen) atoms. The van der Waals surface area contributed by atoms with Crippen LogP contribution in [0.25, 0.3) is 0 Å². The van der Waals surface area contributed by atoms with Crippen molar-refractivity contribution in [3.8, 4) is 21.5 Å². The minimum Gasteiger partial charge on any atom is -0.358 e. The fraction of sp³-hybridized carbons (Fsp3) is 0.333. The normalized spacial score (nSPS) is 31.2. The molecule has 0 spiro atoms. The molecule has 1 aliphatic carbocycles. The van der Waals surface area contributed by atoms with Crippen LogP contribution >= 0.6 is 31.9 Å². The summed E-state index contributed by atoms with van der Waals surface area (Å²) in [5.74, 6) is 5.81. The van der Waals surface area contributed by atoms with Gasteiger partial charge in [-0.25, -0.2) is 0 Å². The zero-order chi connectivity index (χ0) is 12.1. The highest BCUT2D eigenvalue weighted by atomic mass is 79.9. The number of methoxy groups -OCH3 is 2. The SMILES string of the molecule is COC1(C#CBr)C=CC(C#CBr)(OC)C=C1. The standard InChI is InChI=1S/C12H10Br2O2/c1-15-11(7-9-13)3-5-12(16-2,6-4-11)8-10-14/h3-6H,1-2H3. The monoisotopic (exact) mass is 344 g/mol. The predicted octanol–water partition coefficient (Wildman–Crippen LogP) is 2.59. The zero-order valence-electron chi connectivity index (χ0n) is 8.88. The topological polar surface area (TPSA) is 18.5 Å². The molecule has 2 nitrogen and oxygen atoms in total. The minimum absolute atomic E-state index is 0.709. The first kappa shape index (κ1) is 13.5. The van der Waals surface area contributed by atoms with Gasteiger partial charge in [0.1, 0.15) is 0 Å². The molecule has 0 radical (unpaired) electrons. The Balaban J connectivity index is 3.07. The lowest BCUT2D eigenvalue weighted by atomic mass is 9.90. The van der Waals surface area contributed by atoms with E-state index in [1.807, 2.05) is 24.3 Å². The second-order valence-corrected chi connectivity index (χ2v) is 3.89. The van der Waals surface area contributed by atoms with Crippen LogP contribution in [-0.2, 0) is 9.47 Å². The Hall–Kier alpha value is -0.520. The molecule has 1 rings (SSSR count). The van der Waals surface area contributed by atoms with Crippen LogP contribution < -0.4 is 0 Å². The van der Waals surface area contributed by atoms with Crippen molar-refractivity contribution in [2.75, 3.05) is 14.2 Å². The summed E-state index contributed by atoms with van der Waals surface area (Å²) in [5.41, 5.74) is -1.42. The molecule has 0 bridgehead atoms. The van der Waals surface area contributed by atoms with E-state index in [0.29, 0.717) is 0 Å². The lowest BCUT2D eigenvalue weighted by Crippen LogP contribution is -2.34. The molecule has 0 amide bonds. The van der Waals surface area contributed by atoms with Gasteiger partial charge in [0.05, 0.1) is 0 Å². The van der Waals surface area contributed by atoms with Gasteiger partial charge in [0.2, 0.25) is 0 Å². The van der Waals surface area contributed by atoms with Gasteiger partial charge in [0, 0.05) is 46.1 Å². The summed E-state index contributed by atoms with van der Waals surface area (Å²) in [5, 5.41) is 0. The van der Waals surface area contributed by atoms with Crippen LogP contribution in [0.5, 0.6) is 0 Å². The van der Waals surface area contributed by atoms with Crippen molar-refractivity contribution < 1.29 is 9.47 Å². The van der Waals surface area contributed by atoms with Crippen molar-refractivity contribution >= 4 is 31.9 Å². The Kier molecular flexibility index (Phi) is 4.83. The van der Waals surface area contributed by atoms with Gasteiger partial charge in [-0.3, -0.25) is 0 Å². The second-order valence-electron chi connectivity index (χ2n) is 3.10. The summed E-state index contributed by atoms with van der Waals surface area (Å²) in [4.78, 5) is 5.31. The molecule has 1 aliphatic rings. The van der Waals surface area contributed by atoms with E-state index in [2.05, 4.69) is 53.4 Å². The third-order valence-corrected chi connectivity index (χ3v) is 2.71. The summed E-state index contributed by atoms with van der Waals surface area (Å²) >= 11 is 6.12. The van der Waals surface area contributed by atoms with Crippen LogP contribution in [0.3, 0.4) is 0 Å². The molecule has 0 saturated heterocycles. The first-order valence-electron chi connectivity index (χ1n) is 4.42. The third-order valence-electron chi connectivity index (χ3n) is 2.32. The van der Waals surface area contributed by atoms with Gasteiger partial charge in [0.25, 0.3) is 0 Å². The lowest BCUT2D eigenvalue weighted by Gasteiger charge is -2.28. The fourth-order valence-corrected chi connectivity index (χ4v) is 1.91. The van der Waals surface area contributed by atoms with E-state index in [9.17, 15) is 0 Å². The van der Waals surface area contributed by atoms with Crippen LogP contribution in [0.2, 0.25) is 0 Å². The Morgan fingerprint density at radius 3 is 1.31 bits per heavy atom. The van der Waals surface area contributed by atoms with E-state index in [0.717, 1.165) is 0 Å². The van der Waals surface area contributed by atoms with Crippen molar-refractivity contribution in [3.05, 3.63) is 24.3 Å². The van der Waals surface area contributed by atoms with Gasteiger partial charge in [0.15, 0.2) is 11.2 Å². The average Bonchev–Trinajstić information content (AvgIpc) is 2.33. The summed E-state index contributed by atoms with van der Waals surface area (Å²) in [6.45, 7) is 0. The van der Waals surface area contributed by atoms with E-state index in [4.69, 9.17) is 9.47 Å². The summed E-state index contributed by atoms with van der Waals surface area (Å²) in [7, 11) is 3.20.